The molecule has 0 heterocycles. The fourth-order valence-corrected chi connectivity index (χ4v) is 2.27. The van der Waals surface area contributed by atoms with Crippen LogP contribution in [0, 0.1) is 5.82 Å². The Balaban J connectivity index is 1.93. The topological polar surface area (TPSA) is 55.4 Å². The van der Waals surface area contributed by atoms with Gasteiger partial charge in [0.15, 0.2) is 6.10 Å². The van der Waals surface area contributed by atoms with E-state index in [1.54, 1.807) is 18.2 Å². The zero-order valence-corrected chi connectivity index (χ0v) is 14.2. The van der Waals surface area contributed by atoms with Gasteiger partial charge >= 0.3 is 5.97 Å². The van der Waals surface area contributed by atoms with Crippen molar-refractivity contribution in [2.24, 2.45) is 0 Å². The van der Waals surface area contributed by atoms with Crippen molar-refractivity contribution < 1.29 is 18.7 Å². The number of hydrogen-bond donors (Lipinski definition) is 1. The zero-order valence-electron chi connectivity index (χ0n) is 12.7. The molecule has 0 aliphatic heterocycles. The number of nitrogens with one attached hydrogen (secondary N) is 1. The summed E-state index contributed by atoms with van der Waals surface area (Å²) in [7, 11) is 0. The normalized spacial score (nSPS) is 11.7. The van der Waals surface area contributed by atoms with Gasteiger partial charge in [-0.15, -0.1) is 0 Å². The van der Waals surface area contributed by atoms with Gasteiger partial charge in [0.25, 0.3) is 5.91 Å². The van der Waals surface area contributed by atoms with Crippen LogP contribution in [0.4, 0.5) is 10.1 Å². The smallest absolute Gasteiger partial charge is 0.311 e. The lowest BCUT2D eigenvalue weighted by Gasteiger charge is -2.14. The van der Waals surface area contributed by atoms with E-state index in [1.165, 1.54) is 31.2 Å². The zero-order chi connectivity index (χ0) is 17.7. The predicted molar refractivity (Wildman–Crippen MR) is 90.7 cm³/mol. The van der Waals surface area contributed by atoms with E-state index in [-0.39, 0.29) is 6.42 Å². The molecule has 0 saturated carbocycles. The summed E-state index contributed by atoms with van der Waals surface area (Å²) in [6, 6.07) is 10.2. The molecule has 0 aliphatic rings. The number of carbonyl (C=O) groups is 2. The van der Waals surface area contributed by atoms with Gasteiger partial charge < -0.3 is 10.1 Å². The minimum absolute atomic E-state index is 0.132. The molecule has 2 aromatic carbocycles. The summed E-state index contributed by atoms with van der Waals surface area (Å²) in [5.74, 6) is -1.63. The third-order valence-electron chi connectivity index (χ3n) is 3.10. The van der Waals surface area contributed by atoms with Crippen LogP contribution in [0.15, 0.2) is 42.5 Å². The van der Waals surface area contributed by atoms with Crippen molar-refractivity contribution >= 4 is 40.8 Å². The standard InChI is InChI=1S/C17H14Cl2FNO3/c1-10(17(23)21-15-9-12(18)5-6-14(15)19)24-16(22)8-11-3-2-4-13(20)7-11/h2-7,9-10H,8H2,1H3,(H,21,23). The molecule has 0 aromatic heterocycles. The van der Waals surface area contributed by atoms with E-state index in [2.05, 4.69) is 5.32 Å². The first kappa shape index (κ1) is 18.2. The van der Waals surface area contributed by atoms with Crippen LogP contribution in [-0.2, 0) is 20.7 Å². The van der Waals surface area contributed by atoms with Crippen LogP contribution in [0.3, 0.4) is 0 Å². The van der Waals surface area contributed by atoms with Crippen LogP contribution in [0.2, 0.25) is 10.0 Å². The van der Waals surface area contributed by atoms with Crippen molar-refractivity contribution in [3.05, 3.63) is 63.9 Å². The minimum atomic E-state index is -1.04. The molecule has 0 aliphatic carbocycles. The molecule has 2 aromatic rings. The lowest BCUT2D eigenvalue weighted by Crippen LogP contribution is -2.30. The van der Waals surface area contributed by atoms with Gasteiger partial charge in [0.1, 0.15) is 5.82 Å². The molecular formula is C17H14Cl2FNO3. The number of anilines is 1. The fourth-order valence-electron chi connectivity index (χ4n) is 1.93. The second kappa shape index (κ2) is 8.13. The molecule has 4 nitrogen and oxygen atoms in total. The first-order chi connectivity index (χ1) is 11.3. The highest BCUT2D eigenvalue weighted by Crippen LogP contribution is 2.25. The second-order valence-corrected chi connectivity index (χ2v) is 5.90. The van der Waals surface area contributed by atoms with Crippen LogP contribution >= 0.6 is 23.2 Å². The highest BCUT2D eigenvalue weighted by atomic mass is 35.5. The molecule has 0 radical (unpaired) electrons. The Labute approximate surface area is 148 Å². The van der Waals surface area contributed by atoms with Crippen LogP contribution in [-0.4, -0.2) is 18.0 Å². The van der Waals surface area contributed by atoms with E-state index in [1.807, 2.05) is 0 Å². The maximum absolute atomic E-state index is 13.1. The third-order valence-corrected chi connectivity index (χ3v) is 3.67. The Morgan fingerprint density at radius 1 is 1.21 bits per heavy atom. The molecule has 126 valence electrons. The highest BCUT2D eigenvalue weighted by molar-refractivity contribution is 6.35. The highest BCUT2D eigenvalue weighted by Gasteiger charge is 2.19. The number of benzene rings is 2. The molecule has 0 bridgehead atoms. The first-order valence-corrected chi connectivity index (χ1v) is 7.80. The quantitative estimate of drug-likeness (QED) is 0.801. The van der Waals surface area contributed by atoms with Crippen LogP contribution in [0.1, 0.15) is 12.5 Å². The SMILES string of the molecule is CC(OC(=O)Cc1cccc(F)c1)C(=O)Nc1cc(Cl)ccc1Cl. The Morgan fingerprint density at radius 3 is 2.67 bits per heavy atom. The summed E-state index contributed by atoms with van der Waals surface area (Å²) in [5.41, 5.74) is 0.785. The molecule has 7 heteroatoms. The van der Waals surface area contributed by atoms with Crippen LogP contribution in [0.25, 0.3) is 0 Å². The average Bonchev–Trinajstić information content (AvgIpc) is 2.50. The van der Waals surface area contributed by atoms with Crippen molar-refractivity contribution in [2.45, 2.75) is 19.4 Å². The van der Waals surface area contributed by atoms with Gasteiger partial charge in [-0.1, -0.05) is 35.3 Å². The number of halogens is 3. The van der Waals surface area contributed by atoms with Crippen molar-refractivity contribution in [3.63, 3.8) is 0 Å². The summed E-state index contributed by atoms with van der Waals surface area (Å²) in [6.45, 7) is 1.43. The van der Waals surface area contributed by atoms with Gasteiger partial charge in [0.05, 0.1) is 17.1 Å². The summed E-state index contributed by atoms with van der Waals surface area (Å²) >= 11 is 11.8. The molecule has 0 fully saturated rings. The van der Waals surface area contributed by atoms with E-state index in [0.717, 1.165) is 0 Å². The van der Waals surface area contributed by atoms with Gasteiger partial charge in [0.2, 0.25) is 0 Å². The van der Waals surface area contributed by atoms with Gasteiger partial charge in [-0.05, 0) is 42.8 Å². The lowest BCUT2D eigenvalue weighted by atomic mass is 10.1. The number of amides is 1. The molecule has 0 spiro atoms. The number of rotatable bonds is 5. The number of ether oxygens (including phenoxy) is 1. The summed E-state index contributed by atoms with van der Waals surface area (Å²) in [4.78, 5) is 23.9. The summed E-state index contributed by atoms with van der Waals surface area (Å²) in [5, 5.41) is 3.26. The van der Waals surface area contributed by atoms with Crippen molar-refractivity contribution in [2.75, 3.05) is 5.32 Å². The number of esters is 1. The largest absolute Gasteiger partial charge is 0.452 e. The monoisotopic (exact) mass is 369 g/mol. The van der Waals surface area contributed by atoms with Gasteiger partial charge in [-0.2, -0.15) is 0 Å². The maximum Gasteiger partial charge on any atom is 0.311 e. The van der Waals surface area contributed by atoms with E-state index in [9.17, 15) is 14.0 Å². The molecular weight excluding hydrogens is 356 g/mol. The molecule has 1 N–H and O–H groups in total. The predicted octanol–water partition coefficient (Wildman–Crippen LogP) is 4.25. The Morgan fingerprint density at radius 2 is 1.96 bits per heavy atom. The van der Waals surface area contributed by atoms with Crippen LogP contribution < -0.4 is 5.32 Å². The first-order valence-electron chi connectivity index (χ1n) is 7.05. The molecule has 1 amide bonds. The summed E-state index contributed by atoms with van der Waals surface area (Å²) < 4.78 is 18.1. The molecule has 24 heavy (non-hydrogen) atoms. The van der Waals surface area contributed by atoms with E-state index >= 15 is 0 Å². The Bertz CT molecular complexity index is 767. The van der Waals surface area contributed by atoms with E-state index in [0.29, 0.717) is 21.3 Å². The fraction of sp³-hybridized carbons (Fsp3) is 0.176. The third kappa shape index (κ3) is 5.22. The minimum Gasteiger partial charge on any atom is -0.452 e. The van der Waals surface area contributed by atoms with Crippen molar-refractivity contribution in [1.29, 1.82) is 0 Å². The number of carbonyl (C=O) groups excluding carboxylic acids is 2. The van der Waals surface area contributed by atoms with E-state index in [4.69, 9.17) is 27.9 Å². The molecule has 1 unspecified atom stereocenters. The second-order valence-electron chi connectivity index (χ2n) is 5.05. The van der Waals surface area contributed by atoms with Crippen LogP contribution in [0.5, 0.6) is 0 Å². The van der Waals surface area contributed by atoms with Crippen molar-refractivity contribution in [3.8, 4) is 0 Å². The summed E-state index contributed by atoms with van der Waals surface area (Å²) in [6.07, 6.45) is -1.17. The lowest BCUT2D eigenvalue weighted by molar-refractivity contribution is -0.152. The van der Waals surface area contributed by atoms with Gasteiger partial charge in [-0.3, -0.25) is 9.59 Å². The maximum atomic E-state index is 13.1. The average molecular weight is 370 g/mol. The Kier molecular flexibility index (Phi) is 6.17. The molecule has 1 atom stereocenters. The van der Waals surface area contributed by atoms with Crippen molar-refractivity contribution in [1.82, 2.24) is 0 Å². The Hall–Kier alpha value is -2.11. The van der Waals surface area contributed by atoms with Gasteiger partial charge in [0, 0.05) is 5.02 Å². The van der Waals surface area contributed by atoms with E-state index < -0.39 is 23.8 Å². The molecule has 0 saturated heterocycles. The number of hydrogen-bond acceptors (Lipinski definition) is 3. The molecule has 2 rings (SSSR count). The van der Waals surface area contributed by atoms with Gasteiger partial charge in [-0.25, -0.2) is 4.39 Å².